The first-order chi connectivity index (χ1) is 5.65. The molecule has 1 atom stereocenters. The summed E-state index contributed by atoms with van der Waals surface area (Å²) in [6.07, 6.45) is 0.115. The number of rotatable bonds is 2. The molecule has 3 heteroatoms. The molecule has 1 aromatic rings. The normalized spacial score (nSPS) is 13.0. The van der Waals surface area contributed by atoms with E-state index in [-0.39, 0.29) is 5.82 Å². The van der Waals surface area contributed by atoms with Crippen molar-refractivity contribution in [3.05, 3.63) is 34.1 Å². The van der Waals surface area contributed by atoms with Crippen LogP contribution < -0.4 is 0 Å². The molecule has 1 rings (SSSR count). The largest absolute Gasteiger partial charge is 0.388 e. The first kappa shape index (κ1) is 9.68. The minimum absolute atomic E-state index is 0.297. The predicted octanol–water partition coefficient (Wildman–Crippen LogP) is 3.03. The fourth-order valence-corrected chi connectivity index (χ4v) is 1.61. The van der Waals surface area contributed by atoms with E-state index in [4.69, 9.17) is 0 Å². The van der Waals surface area contributed by atoms with E-state index >= 15 is 0 Å². The van der Waals surface area contributed by atoms with Crippen LogP contribution in [-0.4, -0.2) is 5.11 Å². The van der Waals surface area contributed by atoms with Gasteiger partial charge in [-0.05, 0) is 24.1 Å². The lowest BCUT2D eigenvalue weighted by molar-refractivity contribution is 0.173. The molecule has 0 unspecified atom stereocenters. The van der Waals surface area contributed by atoms with Crippen molar-refractivity contribution in [1.29, 1.82) is 0 Å². The van der Waals surface area contributed by atoms with E-state index in [0.717, 1.165) is 5.56 Å². The molecule has 0 saturated carbocycles. The molecule has 0 aromatic heterocycles. The summed E-state index contributed by atoms with van der Waals surface area (Å²) in [6.45, 7) is 1.88. The summed E-state index contributed by atoms with van der Waals surface area (Å²) in [5, 5.41) is 9.45. The molecular weight excluding hydrogens is 223 g/mol. The van der Waals surface area contributed by atoms with Crippen molar-refractivity contribution in [2.75, 3.05) is 0 Å². The average Bonchev–Trinajstić information content (AvgIpc) is 2.03. The Balaban J connectivity index is 3.01. The second kappa shape index (κ2) is 4.01. The van der Waals surface area contributed by atoms with Crippen molar-refractivity contribution in [2.45, 2.75) is 19.4 Å². The molecular formula is C9H10BrFO. The van der Waals surface area contributed by atoms with Crippen LogP contribution in [0.4, 0.5) is 4.39 Å². The zero-order chi connectivity index (χ0) is 9.14. The summed E-state index contributed by atoms with van der Waals surface area (Å²) in [5.74, 6) is -0.297. The van der Waals surface area contributed by atoms with Gasteiger partial charge < -0.3 is 5.11 Å². The van der Waals surface area contributed by atoms with Gasteiger partial charge in [-0.25, -0.2) is 4.39 Å². The van der Waals surface area contributed by atoms with E-state index in [1.54, 1.807) is 6.07 Å². The lowest BCUT2D eigenvalue weighted by atomic mass is 10.1. The van der Waals surface area contributed by atoms with Crippen LogP contribution >= 0.6 is 15.9 Å². The number of aliphatic hydroxyl groups excluding tert-OH is 1. The second-order valence-corrected chi connectivity index (χ2v) is 3.44. The van der Waals surface area contributed by atoms with E-state index < -0.39 is 6.10 Å². The van der Waals surface area contributed by atoms with Crippen LogP contribution in [0.25, 0.3) is 0 Å². The zero-order valence-corrected chi connectivity index (χ0v) is 8.31. The van der Waals surface area contributed by atoms with E-state index in [1.165, 1.54) is 12.1 Å². The first-order valence-corrected chi connectivity index (χ1v) is 4.57. The molecule has 0 spiro atoms. The molecule has 0 aliphatic rings. The van der Waals surface area contributed by atoms with Gasteiger partial charge in [-0.1, -0.05) is 28.9 Å². The molecule has 0 aliphatic heterocycles. The molecule has 12 heavy (non-hydrogen) atoms. The highest BCUT2D eigenvalue weighted by atomic mass is 79.9. The van der Waals surface area contributed by atoms with Gasteiger partial charge in [-0.3, -0.25) is 0 Å². The van der Waals surface area contributed by atoms with Gasteiger partial charge in [0.25, 0.3) is 0 Å². The third kappa shape index (κ3) is 2.05. The smallest absolute Gasteiger partial charge is 0.124 e. The van der Waals surface area contributed by atoms with Crippen LogP contribution in [0.3, 0.4) is 0 Å². The van der Waals surface area contributed by atoms with Crippen LogP contribution in [0.2, 0.25) is 0 Å². The highest BCUT2D eigenvalue weighted by molar-refractivity contribution is 9.10. The van der Waals surface area contributed by atoms with Crippen molar-refractivity contribution in [2.24, 2.45) is 0 Å². The Labute approximate surface area is 79.4 Å². The molecule has 0 radical (unpaired) electrons. The van der Waals surface area contributed by atoms with Gasteiger partial charge in [0.1, 0.15) is 5.82 Å². The topological polar surface area (TPSA) is 20.2 Å². The monoisotopic (exact) mass is 232 g/mol. The SMILES string of the molecule is CC[C@H](O)c1ccc(F)cc1Br. The van der Waals surface area contributed by atoms with Crippen LogP contribution in [0.1, 0.15) is 25.0 Å². The maximum absolute atomic E-state index is 12.6. The number of hydrogen-bond acceptors (Lipinski definition) is 1. The summed E-state index contributed by atoms with van der Waals surface area (Å²) in [7, 11) is 0. The zero-order valence-electron chi connectivity index (χ0n) is 6.72. The maximum atomic E-state index is 12.6. The third-order valence-corrected chi connectivity index (χ3v) is 2.39. The highest BCUT2D eigenvalue weighted by Gasteiger charge is 2.08. The Hall–Kier alpha value is -0.410. The lowest BCUT2D eigenvalue weighted by Gasteiger charge is -2.09. The molecule has 0 bridgehead atoms. The van der Waals surface area contributed by atoms with Crippen molar-refractivity contribution in [3.8, 4) is 0 Å². The molecule has 0 saturated heterocycles. The van der Waals surface area contributed by atoms with E-state index in [2.05, 4.69) is 15.9 Å². The molecule has 0 amide bonds. The number of hydrogen-bond donors (Lipinski definition) is 1. The molecule has 1 nitrogen and oxygen atoms in total. The van der Waals surface area contributed by atoms with Crippen LogP contribution in [0.5, 0.6) is 0 Å². The summed E-state index contributed by atoms with van der Waals surface area (Å²) < 4.78 is 13.2. The van der Waals surface area contributed by atoms with Gasteiger partial charge in [0.2, 0.25) is 0 Å². The average molecular weight is 233 g/mol. The van der Waals surface area contributed by atoms with E-state index in [9.17, 15) is 9.50 Å². The Kier molecular flexibility index (Phi) is 3.23. The van der Waals surface area contributed by atoms with Gasteiger partial charge in [0, 0.05) is 4.47 Å². The highest BCUT2D eigenvalue weighted by Crippen LogP contribution is 2.25. The van der Waals surface area contributed by atoms with Gasteiger partial charge >= 0.3 is 0 Å². The summed E-state index contributed by atoms with van der Waals surface area (Å²) in [5.41, 5.74) is 0.735. The first-order valence-electron chi connectivity index (χ1n) is 3.78. The van der Waals surface area contributed by atoms with Crippen LogP contribution in [-0.2, 0) is 0 Å². The quantitative estimate of drug-likeness (QED) is 0.832. The van der Waals surface area contributed by atoms with Crippen molar-refractivity contribution in [3.63, 3.8) is 0 Å². The van der Waals surface area contributed by atoms with Gasteiger partial charge in [-0.15, -0.1) is 0 Å². The van der Waals surface area contributed by atoms with Crippen LogP contribution in [0.15, 0.2) is 22.7 Å². The molecule has 0 heterocycles. The van der Waals surface area contributed by atoms with Crippen molar-refractivity contribution < 1.29 is 9.50 Å². The fourth-order valence-electron chi connectivity index (χ4n) is 0.992. The Morgan fingerprint density at radius 1 is 1.58 bits per heavy atom. The Morgan fingerprint density at radius 3 is 2.75 bits per heavy atom. The van der Waals surface area contributed by atoms with E-state index in [0.29, 0.717) is 10.9 Å². The van der Waals surface area contributed by atoms with Crippen molar-refractivity contribution >= 4 is 15.9 Å². The molecule has 1 N–H and O–H groups in total. The molecule has 66 valence electrons. The fraction of sp³-hybridized carbons (Fsp3) is 0.333. The second-order valence-electron chi connectivity index (χ2n) is 2.59. The predicted molar refractivity (Wildman–Crippen MR) is 49.4 cm³/mol. The van der Waals surface area contributed by atoms with Crippen molar-refractivity contribution in [1.82, 2.24) is 0 Å². The summed E-state index contributed by atoms with van der Waals surface area (Å²) in [6, 6.07) is 4.29. The lowest BCUT2D eigenvalue weighted by Crippen LogP contribution is -1.96. The standard InChI is InChI=1S/C9H10BrFO/c1-2-9(12)7-4-3-6(11)5-8(7)10/h3-5,9,12H,2H2,1H3/t9-/m0/s1. The van der Waals surface area contributed by atoms with Gasteiger partial charge in [0.05, 0.1) is 6.10 Å². The molecule has 1 aromatic carbocycles. The minimum atomic E-state index is -0.514. The Morgan fingerprint density at radius 2 is 2.25 bits per heavy atom. The van der Waals surface area contributed by atoms with E-state index in [1.807, 2.05) is 6.92 Å². The third-order valence-electron chi connectivity index (χ3n) is 1.71. The number of aliphatic hydroxyl groups is 1. The summed E-state index contributed by atoms with van der Waals surface area (Å²) >= 11 is 3.19. The Bertz CT molecular complexity index is 275. The van der Waals surface area contributed by atoms with Gasteiger partial charge in [-0.2, -0.15) is 0 Å². The maximum Gasteiger partial charge on any atom is 0.124 e. The number of halogens is 2. The minimum Gasteiger partial charge on any atom is -0.388 e. The van der Waals surface area contributed by atoms with Crippen LogP contribution in [0, 0.1) is 5.82 Å². The summed E-state index contributed by atoms with van der Waals surface area (Å²) in [4.78, 5) is 0. The number of benzene rings is 1. The molecule has 0 fully saturated rings. The molecule has 0 aliphatic carbocycles. The van der Waals surface area contributed by atoms with Gasteiger partial charge in [0.15, 0.2) is 0 Å².